The maximum absolute atomic E-state index is 12.6. The highest BCUT2D eigenvalue weighted by Gasteiger charge is 2.14. The van der Waals surface area contributed by atoms with E-state index in [-0.39, 0.29) is 5.56 Å². The number of carboxylic acids is 1. The summed E-state index contributed by atoms with van der Waals surface area (Å²) in [6, 6.07) is 12.8. The first kappa shape index (κ1) is 17.7. The molecule has 0 saturated carbocycles. The van der Waals surface area contributed by atoms with Crippen molar-refractivity contribution in [1.82, 2.24) is 10.3 Å². The van der Waals surface area contributed by atoms with Crippen molar-refractivity contribution >= 4 is 34.4 Å². The number of aromatic nitrogens is 1. The number of hydrogen-bond donors (Lipinski definition) is 3. The van der Waals surface area contributed by atoms with Crippen LogP contribution in [0.25, 0.3) is 10.9 Å². The van der Waals surface area contributed by atoms with Crippen molar-refractivity contribution in [1.29, 1.82) is 0 Å². The number of carboxylic acid groups (broad SMARTS) is 1. The van der Waals surface area contributed by atoms with Gasteiger partial charge in [-0.15, -0.1) is 0 Å². The normalized spacial score (nSPS) is 10.7. The molecule has 0 fully saturated rings. The van der Waals surface area contributed by atoms with Crippen LogP contribution < -0.4 is 10.7 Å². The first-order valence-corrected chi connectivity index (χ1v) is 8.20. The second kappa shape index (κ2) is 7.41. The smallest absolute Gasteiger partial charge is 0.322 e. The summed E-state index contributed by atoms with van der Waals surface area (Å²) in [5.74, 6) is -1.91. The van der Waals surface area contributed by atoms with Crippen LogP contribution in [0.5, 0.6) is 0 Å². The SMILES string of the molecule is O=C(O)CNC(=O)c1c[nH]c2ccc(Cc3cccc(Cl)c3)cc2c1=O. The summed E-state index contributed by atoms with van der Waals surface area (Å²) in [7, 11) is 0. The van der Waals surface area contributed by atoms with Crippen molar-refractivity contribution in [3.05, 3.63) is 80.6 Å². The Morgan fingerprint density at radius 2 is 1.88 bits per heavy atom. The molecule has 1 amide bonds. The molecule has 3 N–H and O–H groups in total. The van der Waals surface area contributed by atoms with E-state index in [0.717, 1.165) is 11.1 Å². The Hall–Kier alpha value is -3.12. The van der Waals surface area contributed by atoms with Gasteiger partial charge in [0, 0.05) is 22.1 Å². The maximum atomic E-state index is 12.6. The highest BCUT2D eigenvalue weighted by atomic mass is 35.5. The average molecular weight is 371 g/mol. The van der Waals surface area contributed by atoms with Crippen LogP contribution in [-0.2, 0) is 11.2 Å². The van der Waals surface area contributed by atoms with Gasteiger partial charge in [-0.05, 0) is 41.8 Å². The molecule has 3 rings (SSSR count). The van der Waals surface area contributed by atoms with E-state index in [9.17, 15) is 14.4 Å². The highest BCUT2D eigenvalue weighted by Crippen LogP contribution is 2.17. The topological polar surface area (TPSA) is 99.3 Å². The molecular formula is C19H15ClN2O4. The molecule has 132 valence electrons. The minimum atomic E-state index is -1.18. The van der Waals surface area contributed by atoms with Crippen molar-refractivity contribution in [3.63, 3.8) is 0 Å². The van der Waals surface area contributed by atoms with E-state index < -0.39 is 23.9 Å². The quantitative estimate of drug-likeness (QED) is 0.642. The number of halogens is 1. The van der Waals surface area contributed by atoms with Crippen LogP contribution in [0, 0.1) is 0 Å². The lowest BCUT2D eigenvalue weighted by Crippen LogP contribution is -2.32. The summed E-state index contributed by atoms with van der Waals surface area (Å²) in [4.78, 5) is 38.1. The first-order chi connectivity index (χ1) is 12.4. The Balaban J connectivity index is 1.95. The van der Waals surface area contributed by atoms with Crippen molar-refractivity contribution < 1.29 is 14.7 Å². The number of fused-ring (bicyclic) bond motifs is 1. The fraction of sp³-hybridized carbons (Fsp3) is 0.105. The van der Waals surface area contributed by atoms with Gasteiger partial charge in [0.1, 0.15) is 12.1 Å². The first-order valence-electron chi connectivity index (χ1n) is 7.83. The Bertz CT molecular complexity index is 1060. The zero-order chi connectivity index (χ0) is 18.7. The van der Waals surface area contributed by atoms with E-state index in [1.807, 2.05) is 24.3 Å². The molecule has 7 heteroatoms. The van der Waals surface area contributed by atoms with E-state index in [0.29, 0.717) is 22.3 Å². The van der Waals surface area contributed by atoms with Gasteiger partial charge in [-0.2, -0.15) is 0 Å². The Morgan fingerprint density at radius 3 is 2.62 bits per heavy atom. The van der Waals surface area contributed by atoms with E-state index in [4.69, 9.17) is 16.7 Å². The molecule has 0 aliphatic rings. The van der Waals surface area contributed by atoms with Crippen molar-refractivity contribution in [2.75, 3.05) is 6.54 Å². The van der Waals surface area contributed by atoms with Crippen LogP contribution in [0.3, 0.4) is 0 Å². The Labute approximate surface area is 153 Å². The van der Waals surface area contributed by atoms with Crippen molar-refractivity contribution in [3.8, 4) is 0 Å². The van der Waals surface area contributed by atoms with Crippen LogP contribution in [-0.4, -0.2) is 28.5 Å². The Morgan fingerprint density at radius 1 is 1.12 bits per heavy atom. The molecule has 3 aromatic rings. The summed E-state index contributed by atoms with van der Waals surface area (Å²) in [5, 5.41) is 11.8. The predicted molar refractivity (Wildman–Crippen MR) is 98.8 cm³/mol. The number of nitrogens with one attached hydrogen (secondary N) is 2. The summed E-state index contributed by atoms with van der Waals surface area (Å²) in [6.45, 7) is -0.550. The molecule has 2 aromatic carbocycles. The number of amides is 1. The summed E-state index contributed by atoms with van der Waals surface area (Å²) >= 11 is 6.00. The minimum absolute atomic E-state index is 0.126. The molecule has 0 unspecified atom stereocenters. The summed E-state index contributed by atoms with van der Waals surface area (Å²) in [6.07, 6.45) is 1.88. The maximum Gasteiger partial charge on any atom is 0.322 e. The predicted octanol–water partition coefficient (Wildman–Crippen LogP) is 2.59. The average Bonchev–Trinajstić information content (AvgIpc) is 2.60. The van der Waals surface area contributed by atoms with E-state index in [1.165, 1.54) is 6.20 Å². The molecule has 0 aliphatic heterocycles. The lowest BCUT2D eigenvalue weighted by Gasteiger charge is -2.07. The molecule has 26 heavy (non-hydrogen) atoms. The van der Waals surface area contributed by atoms with Crippen LogP contribution in [0.15, 0.2) is 53.5 Å². The van der Waals surface area contributed by atoms with Gasteiger partial charge in [0.2, 0.25) is 5.43 Å². The number of pyridine rings is 1. The van der Waals surface area contributed by atoms with Crippen LogP contribution in [0.2, 0.25) is 5.02 Å². The van der Waals surface area contributed by atoms with Gasteiger partial charge in [0.15, 0.2) is 0 Å². The molecule has 0 bridgehead atoms. The zero-order valence-corrected chi connectivity index (χ0v) is 14.3. The van der Waals surface area contributed by atoms with Crippen molar-refractivity contribution in [2.45, 2.75) is 6.42 Å². The summed E-state index contributed by atoms with van der Waals surface area (Å²) in [5.41, 5.74) is 1.92. The van der Waals surface area contributed by atoms with Gasteiger partial charge >= 0.3 is 5.97 Å². The summed E-state index contributed by atoms with van der Waals surface area (Å²) < 4.78 is 0. The third-order valence-corrected chi connectivity index (χ3v) is 4.12. The number of carbonyl (C=O) groups is 2. The molecular weight excluding hydrogens is 356 g/mol. The van der Waals surface area contributed by atoms with Gasteiger partial charge in [-0.3, -0.25) is 14.4 Å². The second-order valence-electron chi connectivity index (χ2n) is 5.79. The zero-order valence-electron chi connectivity index (χ0n) is 13.6. The number of aromatic amines is 1. The molecule has 6 nitrogen and oxygen atoms in total. The molecule has 0 saturated heterocycles. The Kier molecular flexibility index (Phi) is 5.04. The van der Waals surface area contributed by atoms with Crippen LogP contribution in [0.1, 0.15) is 21.5 Å². The molecule has 0 spiro atoms. The van der Waals surface area contributed by atoms with Gasteiger partial charge in [0.25, 0.3) is 5.91 Å². The van der Waals surface area contributed by atoms with E-state index in [2.05, 4.69) is 10.3 Å². The monoisotopic (exact) mass is 370 g/mol. The fourth-order valence-electron chi connectivity index (χ4n) is 2.68. The molecule has 1 heterocycles. The van der Waals surface area contributed by atoms with Gasteiger partial charge in [-0.1, -0.05) is 29.8 Å². The molecule has 0 radical (unpaired) electrons. The molecule has 0 aliphatic carbocycles. The number of rotatable bonds is 5. The molecule has 0 atom stereocenters. The number of benzene rings is 2. The fourth-order valence-corrected chi connectivity index (χ4v) is 2.89. The standard InChI is InChI=1S/C19H15ClN2O4/c20-13-3-1-2-11(7-13)6-12-4-5-16-14(8-12)18(25)15(9-21-16)19(26)22-10-17(23)24/h1-5,7-9H,6,10H2,(H,21,25)(H,22,26)(H,23,24). The molecule has 1 aromatic heterocycles. The lowest BCUT2D eigenvalue weighted by molar-refractivity contribution is -0.135. The number of carbonyl (C=O) groups excluding carboxylic acids is 1. The third-order valence-electron chi connectivity index (χ3n) is 3.89. The number of aliphatic carboxylic acids is 1. The second-order valence-corrected chi connectivity index (χ2v) is 6.23. The van der Waals surface area contributed by atoms with E-state index >= 15 is 0 Å². The van der Waals surface area contributed by atoms with Gasteiger partial charge in [-0.25, -0.2) is 0 Å². The van der Waals surface area contributed by atoms with Crippen LogP contribution in [0.4, 0.5) is 0 Å². The van der Waals surface area contributed by atoms with Crippen molar-refractivity contribution in [2.24, 2.45) is 0 Å². The highest BCUT2D eigenvalue weighted by molar-refractivity contribution is 6.30. The van der Waals surface area contributed by atoms with Gasteiger partial charge in [0.05, 0.1) is 0 Å². The minimum Gasteiger partial charge on any atom is -0.480 e. The third kappa shape index (κ3) is 3.92. The number of hydrogen-bond acceptors (Lipinski definition) is 3. The van der Waals surface area contributed by atoms with Crippen LogP contribution >= 0.6 is 11.6 Å². The lowest BCUT2D eigenvalue weighted by atomic mass is 10.0. The largest absolute Gasteiger partial charge is 0.480 e. The van der Waals surface area contributed by atoms with E-state index in [1.54, 1.807) is 18.2 Å². The number of H-pyrrole nitrogens is 1. The van der Waals surface area contributed by atoms with Gasteiger partial charge < -0.3 is 15.4 Å².